The number of rotatable bonds is 5. The third-order valence-electron chi connectivity index (χ3n) is 4.32. The SMILES string of the molecule is Cn1cc2cc(NC(=O)c3ccccc3NCc3ccnc(Br)c3)ccc2n1. The number of amides is 1. The molecule has 2 aromatic carbocycles. The monoisotopic (exact) mass is 435 g/mol. The molecule has 0 radical (unpaired) electrons. The van der Waals surface area contributed by atoms with Crippen molar-refractivity contribution < 1.29 is 4.79 Å². The number of pyridine rings is 1. The molecular formula is C21H18BrN5O. The van der Waals surface area contributed by atoms with Crippen LogP contribution in [0, 0.1) is 0 Å². The average Bonchev–Trinajstić information content (AvgIpc) is 3.06. The minimum Gasteiger partial charge on any atom is -0.380 e. The highest BCUT2D eigenvalue weighted by molar-refractivity contribution is 9.10. The molecule has 0 atom stereocenters. The summed E-state index contributed by atoms with van der Waals surface area (Å²) in [5, 5.41) is 11.6. The number of carbonyl (C=O) groups is 1. The molecule has 0 saturated carbocycles. The van der Waals surface area contributed by atoms with Gasteiger partial charge in [-0.25, -0.2) is 4.98 Å². The van der Waals surface area contributed by atoms with Crippen molar-refractivity contribution in [2.75, 3.05) is 10.6 Å². The summed E-state index contributed by atoms with van der Waals surface area (Å²) < 4.78 is 2.54. The fourth-order valence-corrected chi connectivity index (χ4v) is 3.42. The molecule has 28 heavy (non-hydrogen) atoms. The summed E-state index contributed by atoms with van der Waals surface area (Å²) in [4.78, 5) is 17.0. The quantitative estimate of drug-likeness (QED) is 0.449. The molecule has 1 amide bonds. The molecule has 7 heteroatoms. The van der Waals surface area contributed by atoms with Gasteiger partial charge >= 0.3 is 0 Å². The number of hydrogen-bond acceptors (Lipinski definition) is 4. The van der Waals surface area contributed by atoms with E-state index in [-0.39, 0.29) is 5.91 Å². The first-order valence-corrected chi connectivity index (χ1v) is 9.56. The summed E-state index contributed by atoms with van der Waals surface area (Å²) in [5.41, 5.74) is 4.06. The van der Waals surface area contributed by atoms with Gasteiger partial charge in [0.25, 0.3) is 5.91 Å². The van der Waals surface area contributed by atoms with Crippen LogP contribution in [-0.2, 0) is 13.6 Å². The molecule has 4 rings (SSSR count). The van der Waals surface area contributed by atoms with E-state index in [1.54, 1.807) is 10.9 Å². The lowest BCUT2D eigenvalue weighted by molar-refractivity contribution is 0.102. The van der Waals surface area contributed by atoms with E-state index in [4.69, 9.17) is 0 Å². The molecule has 4 aromatic rings. The number of para-hydroxylation sites is 1. The average molecular weight is 436 g/mol. The highest BCUT2D eigenvalue weighted by atomic mass is 79.9. The zero-order valence-corrected chi connectivity index (χ0v) is 16.8. The largest absolute Gasteiger partial charge is 0.380 e. The van der Waals surface area contributed by atoms with E-state index in [9.17, 15) is 4.79 Å². The third kappa shape index (κ3) is 4.04. The Morgan fingerprint density at radius 3 is 2.86 bits per heavy atom. The van der Waals surface area contributed by atoms with Gasteiger partial charge in [-0.2, -0.15) is 5.10 Å². The van der Waals surface area contributed by atoms with Gasteiger partial charge in [-0.3, -0.25) is 9.48 Å². The van der Waals surface area contributed by atoms with Crippen molar-refractivity contribution in [3.63, 3.8) is 0 Å². The van der Waals surface area contributed by atoms with Crippen molar-refractivity contribution in [2.45, 2.75) is 6.54 Å². The minimum atomic E-state index is -0.165. The topological polar surface area (TPSA) is 71.8 Å². The lowest BCUT2D eigenvalue weighted by atomic mass is 10.1. The van der Waals surface area contributed by atoms with Crippen LogP contribution in [0.2, 0.25) is 0 Å². The van der Waals surface area contributed by atoms with Crippen LogP contribution in [0.4, 0.5) is 11.4 Å². The first-order chi connectivity index (χ1) is 13.6. The van der Waals surface area contributed by atoms with Gasteiger partial charge in [0.1, 0.15) is 4.60 Å². The third-order valence-corrected chi connectivity index (χ3v) is 4.76. The first kappa shape index (κ1) is 18.2. The number of fused-ring (bicyclic) bond motifs is 1. The molecule has 0 aliphatic heterocycles. The Bertz CT molecular complexity index is 1150. The van der Waals surface area contributed by atoms with Crippen molar-refractivity contribution in [3.8, 4) is 0 Å². The Morgan fingerprint density at radius 1 is 1.14 bits per heavy atom. The van der Waals surface area contributed by atoms with Crippen LogP contribution in [0.1, 0.15) is 15.9 Å². The molecule has 0 unspecified atom stereocenters. The predicted octanol–water partition coefficient (Wildman–Crippen LogP) is 4.60. The maximum atomic E-state index is 12.9. The fraction of sp³-hybridized carbons (Fsp3) is 0.0952. The van der Waals surface area contributed by atoms with E-state index in [0.29, 0.717) is 12.1 Å². The molecular weight excluding hydrogens is 418 g/mol. The molecule has 0 spiro atoms. The highest BCUT2D eigenvalue weighted by Crippen LogP contribution is 2.21. The van der Waals surface area contributed by atoms with E-state index < -0.39 is 0 Å². The number of hydrogen-bond donors (Lipinski definition) is 2. The number of nitrogens with zero attached hydrogens (tertiary/aromatic N) is 3. The van der Waals surface area contributed by atoms with Crippen LogP contribution in [0.3, 0.4) is 0 Å². The summed E-state index contributed by atoms with van der Waals surface area (Å²) in [6.45, 7) is 0.590. The minimum absolute atomic E-state index is 0.165. The number of carbonyl (C=O) groups excluding carboxylic acids is 1. The molecule has 0 aliphatic rings. The van der Waals surface area contributed by atoms with E-state index in [1.165, 1.54) is 0 Å². The Kier molecular flexibility index (Phi) is 5.08. The fourth-order valence-electron chi connectivity index (χ4n) is 3.01. The van der Waals surface area contributed by atoms with Gasteiger partial charge in [-0.05, 0) is 64.0 Å². The molecule has 0 saturated heterocycles. The number of benzene rings is 2. The standard InChI is InChI=1S/C21H18BrN5O/c1-27-13-15-11-16(6-7-18(15)26-27)25-21(28)17-4-2-3-5-19(17)24-12-14-8-9-23-20(22)10-14/h2-11,13,24H,12H2,1H3,(H,25,28). The molecule has 0 bridgehead atoms. The van der Waals surface area contributed by atoms with Crippen LogP contribution in [0.25, 0.3) is 10.9 Å². The number of aryl methyl sites for hydroxylation is 1. The van der Waals surface area contributed by atoms with Crippen molar-refractivity contribution in [1.29, 1.82) is 0 Å². The van der Waals surface area contributed by atoms with Crippen molar-refractivity contribution >= 4 is 44.1 Å². The smallest absolute Gasteiger partial charge is 0.257 e. The summed E-state index contributed by atoms with van der Waals surface area (Å²) >= 11 is 3.37. The van der Waals surface area contributed by atoms with Gasteiger partial charge in [-0.1, -0.05) is 12.1 Å². The van der Waals surface area contributed by atoms with Gasteiger partial charge in [0.05, 0.1) is 11.1 Å². The summed E-state index contributed by atoms with van der Waals surface area (Å²) in [6, 6.07) is 17.0. The number of anilines is 2. The molecule has 140 valence electrons. The second kappa shape index (κ2) is 7.82. The van der Waals surface area contributed by atoms with E-state index in [2.05, 4.69) is 36.6 Å². The van der Waals surface area contributed by atoms with E-state index in [1.807, 2.05) is 67.8 Å². The Hall–Kier alpha value is -3.19. The number of nitrogens with one attached hydrogen (secondary N) is 2. The number of halogens is 1. The molecule has 2 heterocycles. The van der Waals surface area contributed by atoms with Crippen LogP contribution >= 0.6 is 15.9 Å². The summed E-state index contributed by atoms with van der Waals surface area (Å²) in [6.07, 6.45) is 3.67. The molecule has 0 fully saturated rings. The van der Waals surface area contributed by atoms with Crippen molar-refractivity contribution in [2.24, 2.45) is 7.05 Å². The van der Waals surface area contributed by atoms with Crippen molar-refractivity contribution in [1.82, 2.24) is 14.8 Å². The molecule has 2 aromatic heterocycles. The van der Waals surface area contributed by atoms with Crippen LogP contribution in [0.5, 0.6) is 0 Å². The second-order valence-electron chi connectivity index (χ2n) is 6.42. The molecule has 6 nitrogen and oxygen atoms in total. The summed E-state index contributed by atoms with van der Waals surface area (Å²) in [5.74, 6) is -0.165. The van der Waals surface area contributed by atoms with Gasteiger partial charge in [0.2, 0.25) is 0 Å². The molecule has 0 aliphatic carbocycles. The van der Waals surface area contributed by atoms with Crippen LogP contribution in [-0.4, -0.2) is 20.7 Å². The second-order valence-corrected chi connectivity index (χ2v) is 7.23. The Balaban J connectivity index is 1.52. The van der Waals surface area contributed by atoms with Crippen LogP contribution in [0.15, 0.2) is 71.6 Å². The maximum absolute atomic E-state index is 12.9. The lowest BCUT2D eigenvalue weighted by Crippen LogP contribution is -2.14. The van der Waals surface area contributed by atoms with E-state index >= 15 is 0 Å². The zero-order chi connectivity index (χ0) is 19.5. The first-order valence-electron chi connectivity index (χ1n) is 8.76. The Labute approximate surface area is 170 Å². The summed E-state index contributed by atoms with van der Waals surface area (Å²) in [7, 11) is 1.88. The normalized spacial score (nSPS) is 10.8. The number of aromatic nitrogens is 3. The van der Waals surface area contributed by atoms with Crippen molar-refractivity contribution in [3.05, 3.63) is 82.7 Å². The Morgan fingerprint density at radius 2 is 2.00 bits per heavy atom. The van der Waals surface area contributed by atoms with Gasteiger partial charge < -0.3 is 10.6 Å². The maximum Gasteiger partial charge on any atom is 0.257 e. The van der Waals surface area contributed by atoms with Crippen LogP contribution < -0.4 is 10.6 Å². The van der Waals surface area contributed by atoms with Gasteiger partial charge in [0.15, 0.2) is 0 Å². The lowest BCUT2D eigenvalue weighted by Gasteiger charge is -2.12. The molecule has 2 N–H and O–H groups in total. The highest BCUT2D eigenvalue weighted by Gasteiger charge is 2.12. The zero-order valence-electron chi connectivity index (χ0n) is 15.2. The predicted molar refractivity (Wildman–Crippen MR) is 114 cm³/mol. The van der Waals surface area contributed by atoms with E-state index in [0.717, 1.165) is 32.4 Å². The van der Waals surface area contributed by atoms with Gasteiger partial charge in [-0.15, -0.1) is 0 Å². The van der Waals surface area contributed by atoms with Gasteiger partial charge in [0, 0.05) is 42.7 Å².